The van der Waals surface area contributed by atoms with E-state index in [9.17, 15) is 9.59 Å². The standard InChI is InChI=1S/C13H16ClNO4S/c14-10-3-1-2-4-11(10)20-8-5-12(16)15-6-7-19-9-13(17)18/h1-4H,5-9H2,(H,15,16)(H,17,18). The van der Waals surface area contributed by atoms with Gasteiger partial charge in [0.05, 0.1) is 11.6 Å². The summed E-state index contributed by atoms with van der Waals surface area (Å²) in [6.45, 7) is 0.150. The van der Waals surface area contributed by atoms with Gasteiger partial charge in [-0.25, -0.2) is 4.79 Å². The van der Waals surface area contributed by atoms with Crippen LogP contribution in [0, 0.1) is 0 Å². The van der Waals surface area contributed by atoms with E-state index < -0.39 is 5.97 Å². The van der Waals surface area contributed by atoms with Crippen LogP contribution in [0.15, 0.2) is 29.2 Å². The molecule has 1 amide bonds. The number of ether oxygens (including phenoxy) is 1. The summed E-state index contributed by atoms with van der Waals surface area (Å²) in [6, 6.07) is 7.47. The Hall–Kier alpha value is -1.24. The normalized spacial score (nSPS) is 10.2. The van der Waals surface area contributed by atoms with Gasteiger partial charge < -0.3 is 15.2 Å². The van der Waals surface area contributed by atoms with Crippen LogP contribution >= 0.6 is 23.4 Å². The summed E-state index contributed by atoms with van der Waals surface area (Å²) in [7, 11) is 0. The van der Waals surface area contributed by atoms with Crippen molar-refractivity contribution in [3.63, 3.8) is 0 Å². The number of nitrogens with one attached hydrogen (secondary N) is 1. The van der Waals surface area contributed by atoms with Crippen LogP contribution in [0.1, 0.15) is 6.42 Å². The van der Waals surface area contributed by atoms with Crippen molar-refractivity contribution in [1.29, 1.82) is 0 Å². The van der Waals surface area contributed by atoms with Gasteiger partial charge in [0, 0.05) is 23.6 Å². The van der Waals surface area contributed by atoms with Crippen LogP contribution in [0.4, 0.5) is 0 Å². The van der Waals surface area contributed by atoms with E-state index in [4.69, 9.17) is 21.4 Å². The average molecular weight is 318 g/mol. The van der Waals surface area contributed by atoms with E-state index in [0.717, 1.165) is 4.90 Å². The van der Waals surface area contributed by atoms with Crippen molar-refractivity contribution in [2.45, 2.75) is 11.3 Å². The average Bonchev–Trinajstić information content (AvgIpc) is 2.40. The summed E-state index contributed by atoms with van der Waals surface area (Å²) in [5.41, 5.74) is 0. The number of aliphatic carboxylic acids is 1. The number of amides is 1. The van der Waals surface area contributed by atoms with Gasteiger partial charge in [-0.15, -0.1) is 11.8 Å². The van der Waals surface area contributed by atoms with Crippen LogP contribution in [-0.4, -0.2) is 42.5 Å². The molecule has 0 saturated carbocycles. The molecule has 0 unspecified atom stereocenters. The Morgan fingerprint density at radius 3 is 2.80 bits per heavy atom. The molecule has 5 nitrogen and oxygen atoms in total. The molecule has 0 aromatic heterocycles. The molecule has 0 fully saturated rings. The monoisotopic (exact) mass is 317 g/mol. The van der Waals surface area contributed by atoms with Crippen LogP contribution < -0.4 is 5.32 Å². The number of hydrogen-bond acceptors (Lipinski definition) is 4. The van der Waals surface area contributed by atoms with Crippen molar-refractivity contribution in [2.75, 3.05) is 25.5 Å². The predicted molar refractivity (Wildman–Crippen MR) is 78.3 cm³/mol. The first-order valence-electron chi connectivity index (χ1n) is 6.03. The molecule has 20 heavy (non-hydrogen) atoms. The van der Waals surface area contributed by atoms with Gasteiger partial charge in [-0.05, 0) is 12.1 Å². The van der Waals surface area contributed by atoms with Crippen molar-refractivity contribution in [3.8, 4) is 0 Å². The summed E-state index contributed by atoms with van der Waals surface area (Å²) in [5, 5.41) is 11.7. The number of carboxylic acids is 1. The van der Waals surface area contributed by atoms with Gasteiger partial charge >= 0.3 is 5.97 Å². The zero-order chi connectivity index (χ0) is 14.8. The lowest BCUT2D eigenvalue weighted by molar-refractivity contribution is -0.142. The Morgan fingerprint density at radius 2 is 2.10 bits per heavy atom. The van der Waals surface area contributed by atoms with Crippen molar-refractivity contribution in [3.05, 3.63) is 29.3 Å². The number of rotatable bonds is 9. The smallest absolute Gasteiger partial charge is 0.329 e. The maximum Gasteiger partial charge on any atom is 0.329 e. The highest BCUT2D eigenvalue weighted by molar-refractivity contribution is 7.99. The maximum absolute atomic E-state index is 11.5. The second-order valence-electron chi connectivity index (χ2n) is 3.83. The Kier molecular flexibility index (Phi) is 8.10. The molecule has 0 atom stereocenters. The van der Waals surface area contributed by atoms with E-state index >= 15 is 0 Å². The Balaban J connectivity index is 2.09. The summed E-state index contributed by atoms with van der Waals surface area (Å²) >= 11 is 7.52. The molecule has 110 valence electrons. The van der Waals surface area contributed by atoms with E-state index in [0.29, 0.717) is 23.7 Å². The highest BCUT2D eigenvalue weighted by atomic mass is 35.5. The molecule has 0 aliphatic rings. The molecule has 0 heterocycles. The maximum atomic E-state index is 11.5. The van der Waals surface area contributed by atoms with Gasteiger partial charge in [0.2, 0.25) is 5.91 Å². The second kappa shape index (κ2) is 9.63. The minimum absolute atomic E-state index is 0.0940. The van der Waals surface area contributed by atoms with Gasteiger partial charge in [0.1, 0.15) is 6.61 Å². The minimum Gasteiger partial charge on any atom is -0.480 e. The number of carboxylic acid groups (broad SMARTS) is 1. The Labute approximate surface area is 126 Å². The molecule has 0 radical (unpaired) electrons. The molecule has 1 aromatic rings. The molecule has 0 spiro atoms. The topological polar surface area (TPSA) is 75.6 Å². The summed E-state index contributed by atoms with van der Waals surface area (Å²) in [6.07, 6.45) is 0.370. The minimum atomic E-state index is -1.02. The fourth-order valence-electron chi connectivity index (χ4n) is 1.33. The first-order chi connectivity index (χ1) is 9.59. The zero-order valence-electron chi connectivity index (χ0n) is 10.8. The van der Waals surface area contributed by atoms with Gasteiger partial charge in [-0.2, -0.15) is 0 Å². The van der Waals surface area contributed by atoms with E-state index in [2.05, 4.69) is 5.32 Å². The summed E-state index contributed by atoms with van der Waals surface area (Å²) < 4.78 is 4.80. The number of carbonyl (C=O) groups excluding carboxylic acids is 1. The molecule has 0 aliphatic heterocycles. The highest BCUT2D eigenvalue weighted by Gasteiger charge is 2.04. The van der Waals surface area contributed by atoms with Crippen LogP contribution in [0.25, 0.3) is 0 Å². The van der Waals surface area contributed by atoms with Gasteiger partial charge in [0.25, 0.3) is 0 Å². The van der Waals surface area contributed by atoms with Crippen LogP contribution in [0.2, 0.25) is 5.02 Å². The molecule has 1 aromatic carbocycles. The van der Waals surface area contributed by atoms with Crippen molar-refractivity contribution < 1.29 is 19.4 Å². The third kappa shape index (κ3) is 7.37. The molecule has 0 bridgehead atoms. The molecule has 7 heteroatoms. The summed E-state index contributed by atoms with van der Waals surface area (Å²) in [4.78, 5) is 22.6. The number of thioether (sulfide) groups is 1. The van der Waals surface area contributed by atoms with Crippen molar-refractivity contribution in [1.82, 2.24) is 5.32 Å². The van der Waals surface area contributed by atoms with Crippen molar-refractivity contribution in [2.24, 2.45) is 0 Å². The Morgan fingerprint density at radius 1 is 1.35 bits per heavy atom. The first-order valence-corrected chi connectivity index (χ1v) is 7.39. The quantitative estimate of drug-likeness (QED) is 0.538. The predicted octanol–water partition coefficient (Wildman–Crippen LogP) is 2.04. The first kappa shape index (κ1) is 16.8. The van der Waals surface area contributed by atoms with Crippen molar-refractivity contribution >= 4 is 35.2 Å². The van der Waals surface area contributed by atoms with E-state index in [-0.39, 0.29) is 19.1 Å². The molecule has 0 saturated heterocycles. The second-order valence-corrected chi connectivity index (χ2v) is 5.37. The number of benzene rings is 1. The third-order valence-corrected chi connectivity index (χ3v) is 3.73. The third-order valence-electron chi connectivity index (χ3n) is 2.22. The lowest BCUT2D eigenvalue weighted by atomic mass is 10.4. The summed E-state index contributed by atoms with van der Waals surface area (Å²) in [5.74, 6) is -0.484. The van der Waals surface area contributed by atoms with E-state index in [1.54, 1.807) is 0 Å². The molecular formula is C13H16ClNO4S. The number of halogens is 1. The molecule has 1 rings (SSSR count). The van der Waals surface area contributed by atoms with Gasteiger partial charge in [0.15, 0.2) is 0 Å². The van der Waals surface area contributed by atoms with Crippen LogP contribution in [0.5, 0.6) is 0 Å². The lowest BCUT2D eigenvalue weighted by Gasteiger charge is -2.06. The Bertz CT molecular complexity index is 456. The fourth-order valence-corrected chi connectivity index (χ4v) is 2.51. The molecule has 2 N–H and O–H groups in total. The lowest BCUT2D eigenvalue weighted by Crippen LogP contribution is -2.28. The van der Waals surface area contributed by atoms with Crippen LogP contribution in [-0.2, 0) is 14.3 Å². The fraction of sp³-hybridized carbons (Fsp3) is 0.385. The van der Waals surface area contributed by atoms with E-state index in [1.807, 2.05) is 24.3 Å². The number of hydrogen-bond donors (Lipinski definition) is 2. The van der Waals surface area contributed by atoms with Gasteiger partial charge in [-0.3, -0.25) is 4.79 Å². The largest absolute Gasteiger partial charge is 0.480 e. The molecule has 0 aliphatic carbocycles. The van der Waals surface area contributed by atoms with Crippen LogP contribution in [0.3, 0.4) is 0 Å². The SMILES string of the molecule is O=C(O)COCCNC(=O)CCSc1ccccc1Cl. The number of carbonyl (C=O) groups is 2. The zero-order valence-corrected chi connectivity index (χ0v) is 12.4. The van der Waals surface area contributed by atoms with E-state index in [1.165, 1.54) is 11.8 Å². The van der Waals surface area contributed by atoms with Gasteiger partial charge in [-0.1, -0.05) is 23.7 Å². The molecular weight excluding hydrogens is 302 g/mol. The highest BCUT2D eigenvalue weighted by Crippen LogP contribution is 2.26.